The lowest BCUT2D eigenvalue weighted by Crippen LogP contribution is -2.60. The van der Waals surface area contributed by atoms with Crippen LogP contribution in [0.25, 0.3) is 0 Å². The summed E-state index contributed by atoms with van der Waals surface area (Å²) in [7, 11) is -6.40. The van der Waals surface area contributed by atoms with Crippen molar-refractivity contribution in [1.29, 1.82) is 0 Å². The van der Waals surface area contributed by atoms with Crippen LogP contribution in [0.1, 0.15) is 99.0 Å². The average molecular weight is 583 g/mol. The van der Waals surface area contributed by atoms with E-state index in [1.807, 2.05) is 24.3 Å². The number of carbonyl (C=O) groups is 1. The van der Waals surface area contributed by atoms with Crippen LogP contribution >= 0.6 is 0 Å². The van der Waals surface area contributed by atoms with E-state index in [2.05, 4.69) is 108 Å². The predicted molar refractivity (Wildman–Crippen MR) is 176 cm³/mol. The van der Waals surface area contributed by atoms with E-state index in [0.717, 1.165) is 22.6 Å². The third kappa shape index (κ3) is 5.26. The predicted octanol–water partition coefficient (Wildman–Crippen LogP) is 9.16. The summed E-state index contributed by atoms with van der Waals surface area (Å²) >= 11 is 0. The van der Waals surface area contributed by atoms with Crippen LogP contribution < -0.4 is 19.2 Å². The summed E-state index contributed by atoms with van der Waals surface area (Å²) < 4.78 is 14.1. The molecular formula is C33H54O3Si3. The largest absolute Gasteiger partial charge is 0.543 e. The fourth-order valence-electron chi connectivity index (χ4n) is 8.01. The second-order valence-corrected chi connectivity index (χ2v) is 29.3. The lowest BCUT2D eigenvalue weighted by Gasteiger charge is -2.43. The van der Waals surface area contributed by atoms with Gasteiger partial charge in [-0.2, -0.15) is 0 Å². The number of fused-ring (bicyclic) bond motifs is 2. The van der Waals surface area contributed by atoms with Crippen LogP contribution in [0, 0.1) is 0 Å². The first-order chi connectivity index (χ1) is 17.9. The van der Waals surface area contributed by atoms with Crippen molar-refractivity contribution in [2.75, 3.05) is 0 Å². The Labute approximate surface area is 242 Å². The summed E-state index contributed by atoms with van der Waals surface area (Å²) in [5.74, 6) is 2.00. The number of hydrogen-bond donors (Lipinski definition) is 0. The summed E-state index contributed by atoms with van der Waals surface area (Å²) in [6, 6.07) is 12.6. The Morgan fingerprint density at radius 3 is 1.08 bits per heavy atom. The van der Waals surface area contributed by atoms with E-state index in [1.165, 1.54) is 10.4 Å². The van der Waals surface area contributed by atoms with Gasteiger partial charge in [0.1, 0.15) is 19.6 Å². The summed E-state index contributed by atoms with van der Waals surface area (Å²) in [5.41, 5.74) is 4.66. The van der Waals surface area contributed by atoms with Gasteiger partial charge in [0, 0.05) is 11.1 Å². The maximum Gasteiger partial charge on any atom is 0.258 e. The van der Waals surface area contributed by atoms with Gasteiger partial charge >= 0.3 is 0 Å². The lowest BCUT2D eigenvalue weighted by atomic mass is 10.0. The molecule has 0 amide bonds. The minimum absolute atomic E-state index is 0.130. The molecule has 1 aliphatic heterocycles. The van der Waals surface area contributed by atoms with Crippen LogP contribution in [0.4, 0.5) is 0 Å². The van der Waals surface area contributed by atoms with E-state index in [1.54, 1.807) is 0 Å². The van der Waals surface area contributed by atoms with Gasteiger partial charge in [0.2, 0.25) is 0 Å². The fraction of sp³-hybridized carbons (Fsp3) is 0.606. The molecule has 0 spiro atoms. The van der Waals surface area contributed by atoms with E-state index in [0.29, 0.717) is 33.2 Å². The molecular weight excluding hydrogens is 529 g/mol. The van der Waals surface area contributed by atoms with E-state index >= 15 is 0 Å². The molecule has 3 rings (SSSR count). The van der Waals surface area contributed by atoms with Crippen molar-refractivity contribution < 1.29 is 13.6 Å². The molecule has 0 fully saturated rings. The molecule has 6 heteroatoms. The summed E-state index contributed by atoms with van der Waals surface area (Å²) in [4.78, 5) is 13.8. The van der Waals surface area contributed by atoms with Crippen LogP contribution in [0.5, 0.6) is 11.5 Å². The summed E-state index contributed by atoms with van der Waals surface area (Å²) in [6.07, 6.45) is 0. The minimum atomic E-state index is -2.20. The Hall–Kier alpha value is -1.64. The van der Waals surface area contributed by atoms with E-state index in [9.17, 15) is 4.79 Å². The maximum atomic E-state index is 13.8. The standard InChI is InChI=1S/C33H54O3Si3/c1-21(2)38(22(3)4,23(5)6)35-27-15-17-29-31(19-27)37(13,14)32-20-28(16-18-30(32)33(29)34)36-39(24(7)8,25(9)10)26(11)12/h15-26H,1-14H3. The second kappa shape index (κ2) is 11.3. The second-order valence-electron chi connectivity index (χ2n) is 14.2. The van der Waals surface area contributed by atoms with Gasteiger partial charge in [0.15, 0.2) is 5.78 Å². The SMILES string of the molecule is CC(C)[Si](Oc1ccc2c(c1)[Si](C)(C)c1cc(O[Si](C(C)C)(C(C)C)C(C)C)ccc1C2=O)(C(C)C)C(C)C. The molecule has 0 saturated heterocycles. The zero-order valence-corrected chi connectivity index (χ0v) is 30.2. The van der Waals surface area contributed by atoms with Gasteiger partial charge in [0.05, 0.1) is 0 Å². The van der Waals surface area contributed by atoms with E-state index < -0.39 is 24.7 Å². The van der Waals surface area contributed by atoms with Gasteiger partial charge in [-0.05, 0) is 80.0 Å². The minimum Gasteiger partial charge on any atom is -0.543 e. The van der Waals surface area contributed by atoms with Gasteiger partial charge in [-0.3, -0.25) is 4.79 Å². The third-order valence-corrected chi connectivity index (χ3v) is 25.3. The zero-order valence-electron chi connectivity index (χ0n) is 27.2. The molecule has 0 aromatic heterocycles. The molecule has 1 heterocycles. The number of carbonyl (C=O) groups excluding carboxylic acids is 1. The number of hydrogen-bond acceptors (Lipinski definition) is 3. The first-order valence-electron chi connectivity index (χ1n) is 15.2. The molecule has 2 aromatic rings. The van der Waals surface area contributed by atoms with Gasteiger partial charge in [-0.1, -0.05) is 96.2 Å². The number of benzene rings is 2. The lowest BCUT2D eigenvalue weighted by molar-refractivity contribution is 0.104. The Balaban J connectivity index is 2.12. The van der Waals surface area contributed by atoms with Crippen LogP contribution in [-0.4, -0.2) is 30.5 Å². The molecule has 0 radical (unpaired) electrons. The van der Waals surface area contributed by atoms with Gasteiger partial charge in [-0.15, -0.1) is 0 Å². The highest BCUT2D eigenvalue weighted by molar-refractivity contribution is 7.02. The van der Waals surface area contributed by atoms with Crippen molar-refractivity contribution >= 4 is 40.9 Å². The molecule has 0 N–H and O–H groups in total. The first-order valence-corrected chi connectivity index (χ1v) is 22.4. The highest BCUT2D eigenvalue weighted by Gasteiger charge is 2.49. The van der Waals surface area contributed by atoms with Crippen molar-refractivity contribution in [3.05, 3.63) is 47.5 Å². The van der Waals surface area contributed by atoms with Gasteiger partial charge in [-0.25, -0.2) is 0 Å². The molecule has 2 aromatic carbocycles. The highest BCUT2D eigenvalue weighted by Crippen LogP contribution is 2.44. The molecule has 0 bridgehead atoms. The molecule has 39 heavy (non-hydrogen) atoms. The molecule has 216 valence electrons. The number of ketones is 1. The Morgan fingerprint density at radius 2 is 0.821 bits per heavy atom. The van der Waals surface area contributed by atoms with E-state index in [4.69, 9.17) is 8.85 Å². The maximum absolute atomic E-state index is 13.8. The normalized spacial score (nSPS) is 15.5. The Kier molecular flexibility index (Phi) is 9.26. The molecule has 3 nitrogen and oxygen atoms in total. The third-order valence-electron chi connectivity index (χ3n) is 9.82. The number of rotatable bonds is 10. The molecule has 0 unspecified atom stereocenters. The zero-order chi connectivity index (χ0) is 29.7. The first kappa shape index (κ1) is 31.9. The van der Waals surface area contributed by atoms with Crippen LogP contribution in [0.15, 0.2) is 36.4 Å². The van der Waals surface area contributed by atoms with Crippen LogP contribution in [0.3, 0.4) is 0 Å². The van der Waals surface area contributed by atoms with Gasteiger partial charge in [0.25, 0.3) is 16.6 Å². The summed E-state index contributed by atoms with van der Waals surface area (Å²) in [6.45, 7) is 32.6. The quantitative estimate of drug-likeness (QED) is 0.262. The smallest absolute Gasteiger partial charge is 0.258 e. The topological polar surface area (TPSA) is 35.5 Å². The Bertz CT molecular complexity index is 1060. The van der Waals surface area contributed by atoms with Gasteiger partial charge < -0.3 is 8.85 Å². The van der Waals surface area contributed by atoms with Crippen LogP contribution in [0.2, 0.25) is 46.3 Å². The monoisotopic (exact) mass is 582 g/mol. The average Bonchev–Trinajstić information content (AvgIpc) is 2.83. The van der Waals surface area contributed by atoms with E-state index in [-0.39, 0.29) is 5.78 Å². The van der Waals surface area contributed by atoms with Crippen molar-refractivity contribution in [2.45, 2.75) is 129 Å². The van der Waals surface area contributed by atoms with Crippen molar-refractivity contribution in [3.63, 3.8) is 0 Å². The molecule has 0 saturated carbocycles. The van der Waals surface area contributed by atoms with Crippen molar-refractivity contribution in [3.8, 4) is 11.5 Å². The molecule has 0 atom stereocenters. The van der Waals surface area contributed by atoms with Crippen molar-refractivity contribution in [2.24, 2.45) is 0 Å². The fourth-order valence-corrected chi connectivity index (χ4v) is 21.5. The Morgan fingerprint density at radius 1 is 0.538 bits per heavy atom. The molecule has 1 aliphatic rings. The van der Waals surface area contributed by atoms with Crippen molar-refractivity contribution in [1.82, 2.24) is 0 Å². The highest BCUT2D eigenvalue weighted by atomic mass is 28.4. The summed E-state index contributed by atoms with van der Waals surface area (Å²) in [5, 5.41) is 2.38. The molecule has 0 aliphatic carbocycles. The van der Waals surface area contributed by atoms with Crippen LogP contribution in [-0.2, 0) is 0 Å².